The first-order chi connectivity index (χ1) is 10.7. The van der Waals surface area contributed by atoms with Gasteiger partial charge in [-0.1, -0.05) is 23.2 Å². The number of nitrogen functional groups attached to an aromatic ring is 1. The second-order valence-corrected chi connectivity index (χ2v) is 5.33. The lowest BCUT2D eigenvalue weighted by molar-refractivity contribution is -0.137. The minimum atomic E-state index is -4.62. The van der Waals surface area contributed by atoms with Gasteiger partial charge >= 0.3 is 12.2 Å². The fourth-order valence-corrected chi connectivity index (χ4v) is 2.20. The molecule has 0 aliphatic heterocycles. The standard InChI is InChI=1S/C14H10Cl2F3N3O/c15-10-3-2-8(6-9(10)14(17,18)19)21-13(23)22-12-4-1-7(20)5-11(12)16/h1-6H,20H2,(H2,21,22,23). The maximum atomic E-state index is 12.8. The molecule has 0 unspecified atom stereocenters. The average Bonchev–Trinajstić information content (AvgIpc) is 2.43. The van der Waals surface area contributed by atoms with Crippen LogP contribution in [-0.4, -0.2) is 6.03 Å². The number of halogens is 5. The van der Waals surface area contributed by atoms with Gasteiger partial charge in [-0.2, -0.15) is 13.2 Å². The summed E-state index contributed by atoms with van der Waals surface area (Å²) in [5, 5.41) is 4.43. The van der Waals surface area contributed by atoms with Gasteiger partial charge in [0, 0.05) is 11.4 Å². The Labute approximate surface area is 139 Å². The van der Waals surface area contributed by atoms with E-state index < -0.39 is 22.8 Å². The Balaban J connectivity index is 2.14. The van der Waals surface area contributed by atoms with E-state index in [4.69, 9.17) is 28.9 Å². The smallest absolute Gasteiger partial charge is 0.399 e. The van der Waals surface area contributed by atoms with Crippen LogP contribution in [0.15, 0.2) is 36.4 Å². The summed E-state index contributed by atoms with van der Waals surface area (Å²) in [6.07, 6.45) is -4.62. The molecular weight excluding hydrogens is 354 g/mol. The van der Waals surface area contributed by atoms with E-state index in [0.29, 0.717) is 5.69 Å². The van der Waals surface area contributed by atoms with Gasteiger partial charge in [0.2, 0.25) is 0 Å². The number of amides is 2. The minimum Gasteiger partial charge on any atom is -0.399 e. The van der Waals surface area contributed by atoms with Gasteiger partial charge in [0.1, 0.15) is 0 Å². The predicted molar refractivity (Wildman–Crippen MR) is 85.0 cm³/mol. The zero-order valence-electron chi connectivity index (χ0n) is 11.3. The molecule has 2 amide bonds. The number of anilines is 3. The van der Waals surface area contributed by atoms with Crippen LogP contribution in [0.2, 0.25) is 10.0 Å². The molecule has 0 aliphatic carbocycles. The predicted octanol–water partition coefficient (Wildman–Crippen LogP) is 5.24. The van der Waals surface area contributed by atoms with Crippen molar-refractivity contribution < 1.29 is 18.0 Å². The molecule has 0 atom stereocenters. The largest absolute Gasteiger partial charge is 0.417 e. The zero-order chi connectivity index (χ0) is 17.2. The van der Waals surface area contributed by atoms with Gasteiger partial charge in [-0.15, -0.1) is 0 Å². The van der Waals surface area contributed by atoms with Crippen molar-refractivity contribution in [1.29, 1.82) is 0 Å². The van der Waals surface area contributed by atoms with Gasteiger partial charge in [0.25, 0.3) is 0 Å². The molecule has 0 aliphatic rings. The Morgan fingerprint density at radius 2 is 1.70 bits per heavy atom. The second-order valence-electron chi connectivity index (χ2n) is 4.51. The normalized spacial score (nSPS) is 11.2. The van der Waals surface area contributed by atoms with Crippen LogP contribution in [0.5, 0.6) is 0 Å². The van der Waals surface area contributed by atoms with E-state index in [2.05, 4.69) is 10.6 Å². The number of alkyl halides is 3. The molecule has 0 spiro atoms. The van der Waals surface area contributed by atoms with E-state index in [0.717, 1.165) is 12.1 Å². The van der Waals surface area contributed by atoms with Crippen LogP contribution in [0.25, 0.3) is 0 Å². The van der Waals surface area contributed by atoms with Crippen molar-refractivity contribution in [3.05, 3.63) is 52.0 Å². The summed E-state index contributed by atoms with van der Waals surface area (Å²) in [6.45, 7) is 0. The Hall–Kier alpha value is -2.12. The van der Waals surface area contributed by atoms with Crippen LogP contribution < -0.4 is 16.4 Å². The van der Waals surface area contributed by atoms with E-state index >= 15 is 0 Å². The third kappa shape index (κ3) is 4.43. The van der Waals surface area contributed by atoms with Crippen molar-refractivity contribution in [1.82, 2.24) is 0 Å². The number of hydrogen-bond acceptors (Lipinski definition) is 2. The molecule has 0 saturated heterocycles. The fourth-order valence-electron chi connectivity index (χ4n) is 1.74. The summed E-state index contributed by atoms with van der Waals surface area (Å²) in [6, 6.07) is 6.71. The van der Waals surface area contributed by atoms with Gasteiger partial charge in [-0.3, -0.25) is 0 Å². The maximum Gasteiger partial charge on any atom is 0.417 e. The highest BCUT2D eigenvalue weighted by atomic mass is 35.5. The molecule has 4 nitrogen and oxygen atoms in total. The highest BCUT2D eigenvalue weighted by Gasteiger charge is 2.33. The number of nitrogens with one attached hydrogen (secondary N) is 2. The number of carbonyl (C=O) groups is 1. The number of nitrogens with two attached hydrogens (primary N) is 1. The average molecular weight is 364 g/mol. The Kier molecular flexibility index (Phi) is 4.91. The molecule has 2 aromatic rings. The molecule has 9 heteroatoms. The lowest BCUT2D eigenvalue weighted by atomic mass is 10.2. The van der Waals surface area contributed by atoms with Gasteiger partial charge in [0.05, 0.1) is 21.3 Å². The number of urea groups is 1. The number of carbonyl (C=O) groups excluding carboxylic acids is 1. The van der Waals surface area contributed by atoms with Gasteiger partial charge in [-0.05, 0) is 36.4 Å². The van der Waals surface area contributed by atoms with Crippen molar-refractivity contribution in [2.75, 3.05) is 16.4 Å². The fraction of sp³-hybridized carbons (Fsp3) is 0.0714. The Morgan fingerprint density at radius 3 is 2.30 bits per heavy atom. The molecule has 0 heterocycles. The summed E-state index contributed by atoms with van der Waals surface area (Å²) >= 11 is 11.4. The summed E-state index contributed by atoms with van der Waals surface area (Å²) in [5.74, 6) is 0. The van der Waals surface area contributed by atoms with Crippen molar-refractivity contribution in [3.63, 3.8) is 0 Å². The first-order valence-corrected chi connectivity index (χ1v) is 6.92. The summed E-state index contributed by atoms with van der Waals surface area (Å²) in [4.78, 5) is 11.8. The maximum absolute atomic E-state index is 12.8. The molecule has 2 aromatic carbocycles. The summed E-state index contributed by atoms with van der Waals surface area (Å²) in [5.41, 5.74) is 5.10. The zero-order valence-corrected chi connectivity index (χ0v) is 12.9. The van der Waals surface area contributed by atoms with Gasteiger partial charge in [0.15, 0.2) is 0 Å². The van der Waals surface area contributed by atoms with Crippen molar-refractivity contribution in [2.24, 2.45) is 0 Å². The van der Waals surface area contributed by atoms with Crippen LogP contribution in [0.3, 0.4) is 0 Å². The molecule has 122 valence electrons. The lowest BCUT2D eigenvalue weighted by Gasteiger charge is -2.13. The van der Waals surface area contributed by atoms with Crippen LogP contribution >= 0.6 is 23.2 Å². The third-order valence-electron chi connectivity index (χ3n) is 2.77. The van der Waals surface area contributed by atoms with Crippen LogP contribution in [-0.2, 0) is 6.18 Å². The SMILES string of the molecule is Nc1ccc(NC(=O)Nc2ccc(Cl)c(C(F)(F)F)c2)c(Cl)c1. The molecule has 4 N–H and O–H groups in total. The van der Waals surface area contributed by atoms with Crippen molar-refractivity contribution >= 4 is 46.3 Å². The van der Waals surface area contributed by atoms with Crippen molar-refractivity contribution in [3.8, 4) is 0 Å². The number of hydrogen-bond donors (Lipinski definition) is 3. The number of benzene rings is 2. The second kappa shape index (κ2) is 6.55. The lowest BCUT2D eigenvalue weighted by Crippen LogP contribution is -2.20. The highest BCUT2D eigenvalue weighted by Crippen LogP contribution is 2.36. The van der Waals surface area contributed by atoms with Crippen LogP contribution in [0, 0.1) is 0 Å². The molecular formula is C14H10Cl2F3N3O. The summed E-state index contributed by atoms with van der Waals surface area (Å²) < 4.78 is 38.3. The van der Waals surface area contributed by atoms with E-state index in [1.165, 1.54) is 24.3 Å². The van der Waals surface area contributed by atoms with E-state index in [-0.39, 0.29) is 16.4 Å². The molecule has 0 fully saturated rings. The molecule has 23 heavy (non-hydrogen) atoms. The third-order valence-corrected chi connectivity index (χ3v) is 3.41. The minimum absolute atomic E-state index is 0.0641. The molecule has 2 rings (SSSR count). The first-order valence-electron chi connectivity index (χ1n) is 6.16. The van der Waals surface area contributed by atoms with Crippen LogP contribution in [0.4, 0.5) is 35.0 Å². The van der Waals surface area contributed by atoms with Crippen LogP contribution in [0.1, 0.15) is 5.56 Å². The van der Waals surface area contributed by atoms with E-state index in [1.807, 2.05) is 0 Å². The van der Waals surface area contributed by atoms with E-state index in [1.54, 1.807) is 0 Å². The summed E-state index contributed by atoms with van der Waals surface area (Å²) in [7, 11) is 0. The molecule has 0 saturated carbocycles. The van der Waals surface area contributed by atoms with Gasteiger partial charge < -0.3 is 16.4 Å². The Morgan fingerprint density at radius 1 is 1.00 bits per heavy atom. The number of rotatable bonds is 2. The topological polar surface area (TPSA) is 67.1 Å². The molecule has 0 radical (unpaired) electrons. The first kappa shape index (κ1) is 17.2. The monoisotopic (exact) mass is 363 g/mol. The Bertz CT molecular complexity index is 751. The molecule has 0 aromatic heterocycles. The quantitative estimate of drug-likeness (QED) is 0.638. The van der Waals surface area contributed by atoms with E-state index in [9.17, 15) is 18.0 Å². The molecule has 0 bridgehead atoms. The van der Waals surface area contributed by atoms with Crippen molar-refractivity contribution in [2.45, 2.75) is 6.18 Å². The highest BCUT2D eigenvalue weighted by molar-refractivity contribution is 6.34. The van der Waals surface area contributed by atoms with Gasteiger partial charge in [-0.25, -0.2) is 4.79 Å².